The van der Waals surface area contributed by atoms with Gasteiger partial charge in [-0.15, -0.1) is 0 Å². The number of rotatable bonds is 5. The molecule has 0 saturated carbocycles. The fraction of sp³-hybridized carbons (Fsp3) is 0.350. The number of sulfonamides is 2. The fourth-order valence-corrected chi connectivity index (χ4v) is 5.87. The van der Waals surface area contributed by atoms with Gasteiger partial charge in [-0.2, -0.15) is 4.31 Å². The molecule has 31 heavy (non-hydrogen) atoms. The quantitative estimate of drug-likeness (QED) is 0.715. The minimum atomic E-state index is -3.84. The van der Waals surface area contributed by atoms with Crippen molar-refractivity contribution < 1.29 is 26.0 Å². The first kappa shape index (κ1) is 23.3. The number of nitrogens with zero attached hydrogens (tertiary/aromatic N) is 2. The van der Waals surface area contributed by atoms with E-state index < -0.39 is 31.8 Å². The van der Waals surface area contributed by atoms with Crippen molar-refractivity contribution in [1.82, 2.24) is 13.9 Å². The number of aryl methyl sites for hydroxylation is 2. The summed E-state index contributed by atoms with van der Waals surface area (Å²) in [5.74, 6) is -1.53. The number of amides is 1. The lowest BCUT2D eigenvalue weighted by Crippen LogP contribution is -2.50. The standard InChI is InChI=1S/C20H24FN3O5S2/c1-14-4-7-19(15(2)12-14)31(28,29)24-10-8-23(9-11-24)20(25)17-13-16(5-6-18(17)21)30(26,27)22-3/h4-7,12-13,22H,8-11H2,1-3H3. The maximum absolute atomic E-state index is 14.3. The van der Waals surface area contributed by atoms with E-state index >= 15 is 0 Å². The molecular formula is C20H24FN3O5S2. The van der Waals surface area contributed by atoms with Crippen molar-refractivity contribution in [2.24, 2.45) is 0 Å². The Labute approximate surface area is 181 Å². The molecule has 1 saturated heterocycles. The third kappa shape index (κ3) is 4.64. The Morgan fingerprint density at radius 3 is 2.19 bits per heavy atom. The molecule has 0 unspecified atom stereocenters. The number of hydrogen-bond donors (Lipinski definition) is 1. The topological polar surface area (TPSA) is 104 Å². The highest BCUT2D eigenvalue weighted by atomic mass is 32.2. The highest BCUT2D eigenvalue weighted by molar-refractivity contribution is 7.89. The molecule has 0 spiro atoms. The van der Waals surface area contributed by atoms with Crippen LogP contribution in [-0.4, -0.2) is 65.2 Å². The number of nitrogens with one attached hydrogen (secondary N) is 1. The molecule has 168 valence electrons. The van der Waals surface area contributed by atoms with E-state index in [0.717, 1.165) is 23.8 Å². The zero-order chi connectivity index (χ0) is 23.0. The van der Waals surface area contributed by atoms with Crippen LogP contribution in [0.5, 0.6) is 0 Å². The zero-order valence-electron chi connectivity index (χ0n) is 17.4. The van der Waals surface area contributed by atoms with Crippen molar-refractivity contribution in [3.8, 4) is 0 Å². The van der Waals surface area contributed by atoms with Gasteiger partial charge in [-0.25, -0.2) is 25.9 Å². The Balaban J connectivity index is 1.78. The third-order valence-electron chi connectivity index (χ3n) is 5.22. The minimum Gasteiger partial charge on any atom is -0.336 e. The Kier molecular flexibility index (Phi) is 6.51. The van der Waals surface area contributed by atoms with Crippen molar-refractivity contribution in [3.63, 3.8) is 0 Å². The monoisotopic (exact) mass is 469 g/mol. The van der Waals surface area contributed by atoms with Crippen molar-refractivity contribution in [2.45, 2.75) is 23.6 Å². The molecule has 1 aliphatic rings. The molecule has 1 fully saturated rings. The predicted octanol–water partition coefficient (Wildman–Crippen LogP) is 1.50. The van der Waals surface area contributed by atoms with Crippen LogP contribution in [0.2, 0.25) is 0 Å². The average Bonchev–Trinajstić information content (AvgIpc) is 2.73. The van der Waals surface area contributed by atoms with Gasteiger partial charge in [0.1, 0.15) is 5.82 Å². The SMILES string of the molecule is CNS(=O)(=O)c1ccc(F)c(C(=O)N2CCN(S(=O)(=O)c3ccc(C)cc3C)CC2)c1. The number of halogens is 1. The molecule has 1 N–H and O–H groups in total. The van der Waals surface area contributed by atoms with E-state index in [1.54, 1.807) is 25.1 Å². The number of carbonyl (C=O) groups is 1. The molecule has 0 aromatic heterocycles. The first-order chi connectivity index (χ1) is 14.5. The van der Waals surface area contributed by atoms with Crippen LogP contribution in [0.25, 0.3) is 0 Å². The first-order valence-electron chi connectivity index (χ1n) is 9.57. The number of carbonyl (C=O) groups excluding carboxylic acids is 1. The van der Waals surface area contributed by atoms with Crippen molar-refractivity contribution in [1.29, 1.82) is 0 Å². The molecule has 1 heterocycles. The van der Waals surface area contributed by atoms with Gasteiger partial charge in [0.15, 0.2) is 0 Å². The maximum atomic E-state index is 14.3. The maximum Gasteiger partial charge on any atom is 0.256 e. The van der Waals surface area contributed by atoms with Gasteiger partial charge in [0, 0.05) is 26.2 Å². The molecule has 1 amide bonds. The average molecular weight is 470 g/mol. The summed E-state index contributed by atoms with van der Waals surface area (Å²) < 4.78 is 67.6. The van der Waals surface area contributed by atoms with Crippen LogP contribution in [0.3, 0.4) is 0 Å². The highest BCUT2D eigenvalue weighted by Crippen LogP contribution is 2.23. The van der Waals surface area contributed by atoms with E-state index in [0.29, 0.717) is 5.56 Å². The van der Waals surface area contributed by atoms with Gasteiger partial charge < -0.3 is 4.90 Å². The molecular weight excluding hydrogens is 445 g/mol. The highest BCUT2D eigenvalue weighted by Gasteiger charge is 2.32. The lowest BCUT2D eigenvalue weighted by atomic mass is 10.1. The summed E-state index contributed by atoms with van der Waals surface area (Å²) in [5, 5.41) is 0. The largest absolute Gasteiger partial charge is 0.336 e. The van der Waals surface area contributed by atoms with Crippen LogP contribution in [0.4, 0.5) is 4.39 Å². The molecule has 11 heteroatoms. The molecule has 8 nitrogen and oxygen atoms in total. The summed E-state index contributed by atoms with van der Waals surface area (Å²) in [5.41, 5.74) is 1.22. The van der Waals surface area contributed by atoms with Gasteiger partial charge in [-0.3, -0.25) is 4.79 Å². The van der Waals surface area contributed by atoms with Gasteiger partial charge >= 0.3 is 0 Å². The Bertz CT molecular complexity index is 1220. The predicted molar refractivity (Wildman–Crippen MR) is 113 cm³/mol. The molecule has 0 radical (unpaired) electrons. The van der Waals surface area contributed by atoms with Crippen molar-refractivity contribution in [2.75, 3.05) is 33.2 Å². The van der Waals surface area contributed by atoms with Crippen LogP contribution in [0, 0.1) is 19.7 Å². The van der Waals surface area contributed by atoms with E-state index in [9.17, 15) is 26.0 Å². The zero-order valence-corrected chi connectivity index (χ0v) is 19.1. The van der Waals surface area contributed by atoms with E-state index in [2.05, 4.69) is 4.72 Å². The van der Waals surface area contributed by atoms with E-state index in [-0.39, 0.29) is 41.5 Å². The number of piperazine rings is 1. The van der Waals surface area contributed by atoms with Crippen LogP contribution in [-0.2, 0) is 20.0 Å². The van der Waals surface area contributed by atoms with E-state index in [4.69, 9.17) is 0 Å². The van der Waals surface area contributed by atoms with Crippen molar-refractivity contribution in [3.05, 3.63) is 58.9 Å². The van der Waals surface area contributed by atoms with Crippen LogP contribution < -0.4 is 4.72 Å². The second-order valence-corrected chi connectivity index (χ2v) is 11.1. The summed E-state index contributed by atoms with van der Waals surface area (Å²) in [6.07, 6.45) is 0. The molecule has 0 bridgehead atoms. The van der Waals surface area contributed by atoms with Gasteiger partial charge in [-0.05, 0) is 50.7 Å². The van der Waals surface area contributed by atoms with Gasteiger partial charge in [-0.1, -0.05) is 17.7 Å². The Hall–Kier alpha value is -2.34. The van der Waals surface area contributed by atoms with Crippen LogP contribution in [0.1, 0.15) is 21.5 Å². The summed E-state index contributed by atoms with van der Waals surface area (Å²) in [4.78, 5) is 14.1. The Morgan fingerprint density at radius 2 is 1.61 bits per heavy atom. The van der Waals surface area contributed by atoms with Crippen LogP contribution >= 0.6 is 0 Å². The lowest BCUT2D eigenvalue weighted by Gasteiger charge is -2.34. The molecule has 0 atom stereocenters. The van der Waals surface area contributed by atoms with Gasteiger partial charge in [0.2, 0.25) is 20.0 Å². The summed E-state index contributed by atoms with van der Waals surface area (Å²) in [7, 11) is -6.35. The third-order valence-corrected chi connectivity index (χ3v) is 8.69. The fourth-order valence-electron chi connectivity index (χ4n) is 3.48. The number of benzene rings is 2. The Morgan fingerprint density at radius 1 is 0.968 bits per heavy atom. The molecule has 1 aliphatic heterocycles. The van der Waals surface area contributed by atoms with Gasteiger partial charge in [0.25, 0.3) is 5.91 Å². The second kappa shape index (κ2) is 8.65. The normalized spacial score (nSPS) is 15.8. The van der Waals surface area contributed by atoms with Crippen molar-refractivity contribution >= 4 is 26.0 Å². The van der Waals surface area contributed by atoms with E-state index in [1.807, 2.05) is 6.92 Å². The molecule has 0 aliphatic carbocycles. The number of hydrogen-bond acceptors (Lipinski definition) is 5. The van der Waals surface area contributed by atoms with E-state index in [1.165, 1.54) is 16.3 Å². The molecule has 2 aromatic carbocycles. The summed E-state index contributed by atoms with van der Waals surface area (Å²) >= 11 is 0. The lowest BCUT2D eigenvalue weighted by molar-refractivity contribution is 0.0693. The summed E-state index contributed by atoms with van der Waals surface area (Å²) in [6, 6.07) is 8.09. The minimum absolute atomic E-state index is 0.0531. The smallest absolute Gasteiger partial charge is 0.256 e. The first-order valence-corrected chi connectivity index (χ1v) is 12.5. The van der Waals surface area contributed by atoms with Gasteiger partial charge in [0.05, 0.1) is 15.4 Å². The summed E-state index contributed by atoms with van der Waals surface area (Å²) in [6.45, 7) is 3.84. The molecule has 3 rings (SSSR count). The second-order valence-electron chi connectivity index (χ2n) is 7.31. The van der Waals surface area contributed by atoms with Crippen LogP contribution in [0.15, 0.2) is 46.2 Å². The molecule has 2 aromatic rings.